The molecule has 0 aliphatic carbocycles. The minimum Gasteiger partial charge on any atom is -0.464 e. The van der Waals surface area contributed by atoms with Gasteiger partial charge < -0.3 is 4.74 Å². The van der Waals surface area contributed by atoms with Crippen molar-refractivity contribution < 1.29 is 9.53 Å². The smallest absolute Gasteiger partial charge is 0.322 e. The Hall–Kier alpha value is -0.570. The molecule has 0 fully saturated rings. The lowest BCUT2D eigenvalue weighted by Gasteiger charge is -2.35. The van der Waals surface area contributed by atoms with E-state index in [1.54, 1.807) is 0 Å². The number of carbonyl (C=O) groups excluding carboxylic acids is 1. The molecule has 22 heavy (non-hydrogen) atoms. The minimum absolute atomic E-state index is 0.0803. The predicted molar refractivity (Wildman–Crippen MR) is 95.0 cm³/mol. The van der Waals surface area contributed by atoms with Gasteiger partial charge >= 0.3 is 5.97 Å². The molecular weight excluding hydrogens is 274 g/mol. The van der Waals surface area contributed by atoms with Gasteiger partial charge in [0.25, 0.3) is 0 Å². The van der Waals surface area contributed by atoms with Gasteiger partial charge in [0.2, 0.25) is 0 Å². The summed E-state index contributed by atoms with van der Waals surface area (Å²) in [5.41, 5.74) is 0.149. The van der Waals surface area contributed by atoms with E-state index in [9.17, 15) is 4.79 Å². The first-order chi connectivity index (χ1) is 10.0. The fraction of sp³-hybridized carbons (Fsp3) is 0.947. The third-order valence-corrected chi connectivity index (χ3v) is 3.94. The Morgan fingerprint density at radius 1 is 1.14 bits per heavy atom. The monoisotopic (exact) mass is 313 g/mol. The Bertz CT molecular complexity index is 318. The summed E-state index contributed by atoms with van der Waals surface area (Å²) in [4.78, 5) is 12.2. The normalized spacial score (nSPS) is 15.5. The van der Waals surface area contributed by atoms with Gasteiger partial charge in [-0.1, -0.05) is 53.9 Å². The molecule has 0 radical (unpaired) electrons. The second-order valence-electron chi connectivity index (χ2n) is 8.53. The standard InChI is InChI=1S/C19H39NO2/c1-9-11-12-16(10-2)13-22-17(21)15(3)20-19(7,8)14-18(4,5)6/h15-16,20H,9-14H2,1-8H3. The molecule has 0 aromatic carbocycles. The molecule has 0 amide bonds. The summed E-state index contributed by atoms with van der Waals surface area (Å²) in [6.45, 7) is 17.8. The average molecular weight is 314 g/mol. The zero-order chi connectivity index (χ0) is 17.4. The van der Waals surface area contributed by atoms with E-state index in [4.69, 9.17) is 4.74 Å². The first-order valence-electron chi connectivity index (χ1n) is 8.95. The number of unbranched alkanes of at least 4 members (excludes halogenated alkanes) is 1. The van der Waals surface area contributed by atoms with E-state index in [0.29, 0.717) is 12.5 Å². The van der Waals surface area contributed by atoms with Crippen LogP contribution in [0.2, 0.25) is 0 Å². The second kappa shape index (κ2) is 9.54. The quantitative estimate of drug-likeness (QED) is 0.581. The van der Waals surface area contributed by atoms with E-state index >= 15 is 0 Å². The molecule has 2 atom stereocenters. The maximum absolute atomic E-state index is 12.2. The van der Waals surface area contributed by atoms with Crippen molar-refractivity contribution in [2.24, 2.45) is 11.3 Å². The number of rotatable bonds is 10. The third kappa shape index (κ3) is 10.2. The summed E-state index contributed by atoms with van der Waals surface area (Å²) in [6.07, 6.45) is 5.64. The van der Waals surface area contributed by atoms with E-state index in [1.165, 1.54) is 12.8 Å². The highest BCUT2D eigenvalue weighted by atomic mass is 16.5. The SMILES string of the molecule is CCCCC(CC)COC(=O)C(C)NC(C)(C)CC(C)(C)C. The molecule has 2 unspecified atom stereocenters. The van der Waals surface area contributed by atoms with Crippen molar-refractivity contribution in [2.45, 2.75) is 99.1 Å². The zero-order valence-corrected chi connectivity index (χ0v) is 16.2. The summed E-state index contributed by atoms with van der Waals surface area (Å²) in [5, 5.41) is 3.42. The Kier molecular flexibility index (Phi) is 9.30. The molecule has 0 saturated heterocycles. The van der Waals surface area contributed by atoms with Crippen molar-refractivity contribution in [3.63, 3.8) is 0 Å². The van der Waals surface area contributed by atoms with Crippen molar-refractivity contribution in [3.05, 3.63) is 0 Å². The summed E-state index contributed by atoms with van der Waals surface area (Å²) >= 11 is 0. The van der Waals surface area contributed by atoms with Gasteiger partial charge in [0.1, 0.15) is 6.04 Å². The van der Waals surface area contributed by atoms with Crippen LogP contribution in [0, 0.1) is 11.3 Å². The number of esters is 1. The van der Waals surface area contributed by atoms with Crippen LogP contribution in [-0.2, 0) is 9.53 Å². The lowest BCUT2D eigenvalue weighted by molar-refractivity contribution is -0.147. The molecule has 0 aliphatic heterocycles. The molecule has 3 nitrogen and oxygen atoms in total. The fourth-order valence-electron chi connectivity index (χ4n) is 3.24. The van der Waals surface area contributed by atoms with E-state index in [1.807, 2.05) is 6.92 Å². The van der Waals surface area contributed by atoms with Crippen molar-refractivity contribution in [3.8, 4) is 0 Å². The number of carbonyl (C=O) groups is 1. The van der Waals surface area contributed by atoms with Gasteiger partial charge in [0.15, 0.2) is 0 Å². The molecular formula is C19H39NO2. The van der Waals surface area contributed by atoms with Gasteiger partial charge in [0.05, 0.1) is 6.61 Å². The molecule has 0 aliphatic rings. The van der Waals surface area contributed by atoms with Gasteiger partial charge in [0, 0.05) is 5.54 Å². The third-order valence-electron chi connectivity index (χ3n) is 3.94. The molecule has 0 saturated carbocycles. The van der Waals surface area contributed by atoms with E-state index in [-0.39, 0.29) is 23.0 Å². The van der Waals surface area contributed by atoms with Crippen molar-refractivity contribution in [1.82, 2.24) is 5.32 Å². The van der Waals surface area contributed by atoms with Crippen LogP contribution < -0.4 is 5.32 Å². The molecule has 0 rings (SSSR count). The molecule has 0 aromatic rings. The van der Waals surface area contributed by atoms with E-state index in [2.05, 4.69) is 53.8 Å². The van der Waals surface area contributed by atoms with E-state index < -0.39 is 0 Å². The van der Waals surface area contributed by atoms with Crippen LogP contribution in [0.4, 0.5) is 0 Å². The molecule has 0 bridgehead atoms. The molecule has 0 aromatic heterocycles. The number of ether oxygens (including phenoxy) is 1. The Balaban J connectivity index is 4.31. The molecule has 132 valence electrons. The van der Waals surface area contributed by atoms with Crippen LogP contribution in [0.25, 0.3) is 0 Å². The summed E-state index contributed by atoms with van der Waals surface area (Å²) in [7, 11) is 0. The zero-order valence-electron chi connectivity index (χ0n) is 16.2. The molecule has 0 heterocycles. The number of nitrogens with one attached hydrogen (secondary N) is 1. The van der Waals surface area contributed by atoms with E-state index in [0.717, 1.165) is 19.3 Å². The summed E-state index contributed by atoms with van der Waals surface area (Å²) in [6, 6.07) is -0.263. The van der Waals surface area contributed by atoms with Gasteiger partial charge in [-0.3, -0.25) is 10.1 Å². The van der Waals surface area contributed by atoms with Crippen LogP contribution in [0.15, 0.2) is 0 Å². The van der Waals surface area contributed by atoms with Crippen LogP contribution in [0.3, 0.4) is 0 Å². The van der Waals surface area contributed by atoms with Crippen LogP contribution in [-0.4, -0.2) is 24.2 Å². The van der Waals surface area contributed by atoms with Crippen LogP contribution >= 0.6 is 0 Å². The first kappa shape index (κ1) is 21.4. The van der Waals surface area contributed by atoms with Gasteiger partial charge in [-0.05, 0) is 44.9 Å². The Labute approximate surface area is 138 Å². The minimum atomic E-state index is -0.263. The van der Waals surface area contributed by atoms with Crippen LogP contribution in [0.1, 0.15) is 87.5 Å². The Morgan fingerprint density at radius 3 is 2.18 bits per heavy atom. The summed E-state index contributed by atoms with van der Waals surface area (Å²) in [5.74, 6) is 0.371. The number of hydrogen-bond acceptors (Lipinski definition) is 3. The maximum atomic E-state index is 12.2. The molecule has 3 heteroatoms. The van der Waals surface area contributed by atoms with Crippen molar-refractivity contribution in [1.29, 1.82) is 0 Å². The largest absolute Gasteiger partial charge is 0.464 e. The van der Waals surface area contributed by atoms with Gasteiger partial charge in [-0.25, -0.2) is 0 Å². The number of hydrogen-bond donors (Lipinski definition) is 1. The lowest BCUT2D eigenvalue weighted by atomic mass is 9.81. The Morgan fingerprint density at radius 2 is 1.73 bits per heavy atom. The highest BCUT2D eigenvalue weighted by Gasteiger charge is 2.29. The first-order valence-corrected chi connectivity index (χ1v) is 8.95. The fourth-order valence-corrected chi connectivity index (χ4v) is 3.24. The maximum Gasteiger partial charge on any atom is 0.322 e. The highest BCUT2D eigenvalue weighted by molar-refractivity contribution is 5.75. The van der Waals surface area contributed by atoms with Gasteiger partial charge in [-0.2, -0.15) is 0 Å². The highest BCUT2D eigenvalue weighted by Crippen LogP contribution is 2.27. The molecule has 0 spiro atoms. The second-order valence-corrected chi connectivity index (χ2v) is 8.53. The average Bonchev–Trinajstić information content (AvgIpc) is 2.35. The van der Waals surface area contributed by atoms with Gasteiger partial charge in [-0.15, -0.1) is 0 Å². The predicted octanol–water partition coefficient (Wildman–Crippen LogP) is 4.94. The van der Waals surface area contributed by atoms with Crippen LogP contribution in [0.5, 0.6) is 0 Å². The van der Waals surface area contributed by atoms with Crippen molar-refractivity contribution in [2.75, 3.05) is 6.61 Å². The molecule has 1 N–H and O–H groups in total. The summed E-state index contributed by atoms with van der Waals surface area (Å²) < 4.78 is 5.53. The topological polar surface area (TPSA) is 38.3 Å². The lowest BCUT2D eigenvalue weighted by Crippen LogP contribution is -2.50. The van der Waals surface area contributed by atoms with Crippen molar-refractivity contribution >= 4 is 5.97 Å².